The Morgan fingerprint density at radius 1 is 0.778 bits per heavy atom. The average molecular weight is 250 g/mol. The fraction of sp³-hybridized carbons (Fsp3) is 1.00. The van der Waals surface area contributed by atoms with Gasteiger partial charge in [-0.1, -0.05) is 39.5 Å². The van der Waals surface area contributed by atoms with Gasteiger partial charge in [-0.25, -0.2) is 0 Å². The van der Waals surface area contributed by atoms with Gasteiger partial charge >= 0.3 is 0 Å². The summed E-state index contributed by atoms with van der Waals surface area (Å²) >= 11 is 0. The molecule has 0 nitrogen and oxygen atoms in total. The van der Waals surface area contributed by atoms with Gasteiger partial charge in [0.05, 0.1) is 0 Å². The third kappa shape index (κ3) is 26.5. The first-order chi connectivity index (χ1) is 2.91. The van der Waals surface area contributed by atoms with Crippen LogP contribution in [0.1, 0.15) is 39.5 Å². The zero-order valence-corrected chi connectivity index (χ0v) is 10.2. The van der Waals surface area contributed by atoms with Crippen LogP contribution in [0.25, 0.3) is 0 Å². The molecular formula is C6H16Cl2Zr. The molecule has 0 atom stereocenters. The molecule has 0 bridgehead atoms. The summed E-state index contributed by atoms with van der Waals surface area (Å²) in [5, 5.41) is 0. The van der Waals surface area contributed by atoms with Crippen LogP contribution in [0, 0.1) is 0 Å². The van der Waals surface area contributed by atoms with Gasteiger partial charge in [-0.3, -0.25) is 0 Å². The van der Waals surface area contributed by atoms with E-state index in [0.29, 0.717) is 0 Å². The summed E-state index contributed by atoms with van der Waals surface area (Å²) in [6.07, 6.45) is 5.54. The van der Waals surface area contributed by atoms with Crippen molar-refractivity contribution in [2.24, 2.45) is 0 Å². The molecule has 0 rings (SSSR count). The van der Waals surface area contributed by atoms with Crippen LogP contribution in [-0.2, 0) is 26.2 Å². The molecule has 3 heteroatoms. The summed E-state index contributed by atoms with van der Waals surface area (Å²) in [6, 6.07) is 0. The first-order valence-corrected chi connectivity index (χ1v) is 2.91. The van der Waals surface area contributed by atoms with Gasteiger partial charge in [-0.2, -0.15) is 0 Å². The van der Waals surface area contributed by atoms with Crippen molar-refractivity contribution in [2.45, 2.75) is 39.5 Å². The molecule has 0 amide bonds. The number of hydrogen-bond donors (Lipinski definition) is 0. The molecule has 0 aliphatic heterocycles. The van der Waals surface area contributed by atoms with Crippen LogP contribution < -0.4 is 0 Å². The topological polar surface area (TPSA) is 0 Å². The van der Waals surface area contributed by atoms with Crippen LogP contribution >= 0.6 is 24.8 Å². The molecule has 0 saturated carbocycles. The zero-order valence-electron chi connectivity index (χ0n) is 6.14. The van der Waals surface area contributed by atoms with Crippen LogP contribution in [0.4, 0.5) is 0 Å². The predicted molar refractivity (Wildman–Crippen MR) is 44.3 cm³/mol. The summed E-state index contributed by atoms with van der Waals surface area (Å²) in [6.45, 7) is 4.46. The third-order valence-electron chi connectivity index (χ3n) is 0.957. The molecule has 0 fully saturated rings. The van der Waals surface area contributed by atoms with Crippen LogP contribution in [0.2, 0.25) is 0 Å². The van der Waals surface area contributed by atoms with Gasteiger partial charge < -0.3 is 0 Å². The first-order valence-electron chi connectivity index (χ1n) is 2.91. The van der Waals surface area contributed by atoms with Crippen molar-refractivity contribution in [3.63, 3.8) is 0 Å². The Hall–Kier alpha value is 1.46. The van der Waals surface area contributed by atoms with E-state index in [1.807, 2.05) is 0 Å². The second-order valence-electron chi connectivity index (χ2n) is 1.71. The minimum absolute atomic E-state index is 0. The van der Waals surface area contributed by atoms with Crippen molar-refractivity contribution in [1.82, 2.24) is 0 Å². The summed E-state index contributed by atoms with van der Waals surface area (Å²) < 4.78 is 0. The Morgan fingerprint density at radius 3 is 1.11 bits per heavy atom. The van der Waals surface area contributed by atoms with E-state index >= 15 is 0 Å². The first kappa shape index (κ1) is 22.4. The van der Waals surface area contributed by atoms with Crippen LogP contribution in [0.15, 0.2) is 0 Å². The monoisotopic (exact) mass is 248 g/mol. The van der Waals surface area contributed by atoms with E-state index < -0.39 is 0 Å². The van der Waals surface area contributed by atoms with E-state index in [0.717, 1.165) is 0 Å². The van der Waals surface area contributed by atoms with E-state index in [1.165, 1.54) is 25.7 Å². The van der Waals surface area contributed by atoms with Crippen molar-refractivity contribution >= 4 is 24.8 Å². The predicted octanol–water partition coefficient (Wildman–Crippen LogP) is 3.43. The second-order valence-corrected chi connectivity index (χ2v) is 1.71. The third-order valence-corrected chi connectivity index (χ3v) is 0.957. The molecule has 0 aromatic rings. The fourth-order valence-electron chi connectivity index (χ4n) is 0.500. The van der Waals surface area contributed by atoms with Gasteiger partial charge in [0.1, 0.15) is 0 Å². The quantitative estimate of drug-likeness (QED) is 0.673. The van der Waals surface area contributed by atoms with Crippen molar-refractivity contribution < 1.29 is 26.2 Å². The molecule has 0 spiro atoms. The van der Waals surface area contributed by atoms with E-state index in [-0.39, 0.29) is 51.0 Å². The van der Waals surface area contributed by atoms with Crippen molar-refractivity contribution in [1.29, 1.82) is 0 Å². The molecule has 0 aliphatic carbocycles. The van der Waals surface area contributed by atoms with Gasteiger partial charge in [0, 0.05) is 26.2 Å². The SMILES string of the molecule is CCCCCC.Cl.Cl.[Zr]. The van der Waals surface area contributed by atoms with Gasteiger partial charge in [0.25, 0.3) is 0 Å². The van der Waals surface area contributed by atoms with Crippen LogP contribution in [0.5, 0.6) is 0 Å². The number of hydrogen-bond acceptors (Lipinski definition) is 0. The summed E-state index contributed by atoms with van der Waals surface area (Å²) in [7, 11) is 0. The Bertz CT molecular complexity index is 23.0. The molecule has 0 saturated heterocycles. The molecule has 58 valence electrons. The maximum Gasteiger partial charge on any atom is 0 e. The Morgan fingerprint density at radius 2 is 1.00 bits per heavy atom. The smallest absolute Gasteiger partial charge is 0 e. The van der Waals surface area contributed by atoms with Crippen molar-refractivity contribution in [3.8, 4) is 0 Å². The average Bonchev–Trinajstić information content (AvgIpc) is 1.61. The Balaban J connectivity index is -0.0000000417. The van der Waals surface area contributed by atoms with Crippen LogP contribution in [-0.4, -0.2) is 0 Å². The molecule has 0 radical (unpaired) electrons. The maximum absolute atomic E-state index is 2.23. The van der Waals surface area contributed by atoms with E-state index in [2.05, 4.69) is 13.8 Å². The maximum atomic E-state index is 2.23. The number of halogens is 2. The summed E-state index contributed by atoms with van der Waals surface area (Å²) in [5.74, 6) is 0. The van der Waals surface area contributed by atoms with Gasteiger partial charge in [0.2, 0.25) is 0 Å². The second kappa shape index (κ2) is 22.7. The van der Waals surface area contributed by atoms with Crippen molar-refractivity contribution in [3.05, 3.63) is 0 Å². The molecule has 0 N–H and O–H groups in total. The van der Waals surface area contributed by atoms with Gasteiger partial charge in [0.15, 0.2) is 0 Å². The van der Waals surface area contributed by atoms with Gasteiger partial charge in [-0.15, -0.1) is 24.8 Å². The molecule has 0 heterocycles. The number of rotatable bonds is 3. The molecular weight excluding hydrogens is 234 g/mol. The minimum atomic E-state index is 0. The van der Waals surface area contributed by atoms with Crippen molar-refractivity contribution in [2.75, 3.05) is 0 Å². The summed E-state index contributed by atoms with van der Waals surface area (Å²) in [4.78, 5) is 0. The molecule has 0 aliphatic rings. The van der Waals surface area contributed by atoms with E-state index in [1.54, 1.807) is 0 Å². The molecule has 0 aromatic carbocycles. The zero-order chi connectivity index (χ0) is 4.83. The number of unbranched alkanes of at least 4 members (excludes halogenated alkanes) is 3. The Labute approximate surface area is 90.1 Å². The molecule has 0 aromatic heterocycles. The normalized spacial score (nSPS) is 6.00. The fourth-order valence-corrected chi connectivity index (χ4v) is 0.500. The largest absolute Gasteiger partial charge is 0.147 e. The van der Waals surface area contributed by atoms with Crippen LogP contribution in [0.3, 0.4) is 0 Å². The summed E-state index contributed by atoms with van der Waals surface area (Å²) in [5.41, 5.74) is 0. The van der Waals surface area contributed by atoms with E-state index in [9.17, 15) is 0 Å². The van der Waals surface area contributed by atoms with Gasteiger partial charge in [-0.05, 0) is 0 Å². The van der Waals surface area contributed by atoms with E-state index in [4.69, 9.17) is 0 Å². The molecule has 9 heavy (non-hydrogen) atoms. The molecule has 0 unspecified atom stereocenters. The standard InChI is InChI=1S/C6H14.2ClH.Zr/c1-3-5-6-4-2;;;/h3-6H2,1-2H3;2*1H;. The Kier molecular flexibility index (Phi) is 56.6. The minimum Gasteiger partial charge on any atom is -0.147 e.